The fraction of sp³-hybridized carbons (Fsp3) is 0.526. The highest BCUT2D eigenvalue weighted by Gasteiger charge is 2.60. The number of carbonyl (C=O) groups is 1. The van der Waals surface area contributed by atoms with E-state index in [0.29, 0.717) is 24.5 Å². The lowest BCUT2D eigenvalue weighted by molar-refractivity contribution is 0.114. The maximum atomic E-state index is 12.6. The molecule has 0 bridgehead atoms. The maximum absolute atomic E-state index is 12.6. The molecule has 3 nitrogen and oxygen atoms in total. The Morgan fingerprint density at radius 2 is 2.05 bits per heavy atom. The Balaban J connectivity index is 1.61. The van der Waals surface area contributed by atoms with Crippen LogP contribution in [0, 0.1) is 11.8 Å². The first-order chi connectivity index (χ1) is 10.7. The average molecular weight is 297 g/mol. The van der Waals surface area contributed by atoms with Crippen LogP contribution in [0.4, 0.5) is 10.5 Å². The Kier molecular flexibility index (Phi) is 3.24. The van der Waals surface area contributed by atoms with Crippen LogP contribution in [0.5, 0.6) is 0 Å². The lowest BCUT2D eigenvalue weighted by atomic mass is 9.61. The van der Waals surface area contributed by atoms with E-state index in [9.17, 15) is 4.79 Å². The molecule has 2 aliphatic carbocycles. The summed E-state index contributed by atoms with van der Waals surface area (Å²) in [5, 5.41) is 0. The topological polar surface area (TPSA) is 29.5 Å². The number of hydrogen-bond donors (Lipinski definition) is 0. The van der Waals surface area contributed by atoms with Crippen molar-refractivity contribution in [3.05, 3.63) is 41.5 Å². The van der Waals surface area contributed by atoms with Crippen LogP contribution in [-0.2, 0) is 4.74 Å². The van der Waals surface area contributed by atoms with Crippen molar-refractivity contribution < 1.29 is 9.53 Å². The molecule has 4 rings (SSSR count). The van der Waals surface area contributed by atoms with Crippen LogP contribution in [0.25, 0.3) is 0 Å². The van der Waals surface area contributed by atoms with Gasteiger partial charge in [0.25, 0.3) is 0 Å². The Morgan fingerprint density at radius 1 is 1.27 bits per heavy atom. The third kappa shape index (κ3) is 1.91. The lowest BCUT2D eigenvalue weighted by Gasteiger charge is -2.47. The van der Waals surface area contributed by atoms with Gasteiger partial charge in [0.1, 0.15) is 6.61 Å². The van der Waals surface area contributed by atoms with E-state index >= 15 is 0 Å². The molecule has 1 aromatic rings. The molecule has 4 atom stereocenters. The standard InChI is InChI=1S/C19H23NO2/c1-12(2)10-11-22-19(21)20-16-9-4-3-6-15(16)17-13-7-5-8-14(13)18(17)20/h3-4,6,9-10,13-14,17-18H,5,7-8,11H2,1-2H3/t13-,14+,17+,18+/m1/s1. The fourth-order valence-corrected chi connectivity index (χ4v) is 4.75. The summed E-state index contributed by atoms with van der Waals surface area (Å²) in [4.78, 5) is 14.6. The third-order valence-corrected chi connectivity index (χ3v) is 5.64. The van der Waals surface area contributed by atoms with Crippen molar-refractivity contribution in [1.29, 1.82) is 0 Å². The molecule has 0 aromatic heterocycles. The van der Waals surface area contributed by atoms with Crippen molar-refractivity contribution in [3.8, 4) is 0 Å². The number of anilines is 1. The largest absolute Gasteiger partial charge is 0.445 e. The van der Waals surface area contributed by atoms with Gasteiger partial charge in [-0.1, -0.05) is 30.2 Å². The van der Waals surface area contributed by atoms with Crippen molar-refractivity contribution in [2.24, 2.45) is 11.8 Å². The molecular formula is C19H23NO2. The molecule has 0 saturated heterocycles. The van der Waals surface area contributed by atoms with E-state index in [4.69, 9.17) is 4.74 Å². The fourth-order valence-electron chi connectivity index (χ4n) is 4.75. The van der Waals surface area contributed by atoms with Gasteiger partial charge in [0, 0.05) is 5.92 Å². The molecule has 0 unspecified atom stereocenters. The van der Waals surface area contributed by atoms with Gasteiger partial charge in [-0.15, -0.1) is 0 Å². The van der Waals surface area contributed by atoms with Crippen molar-refractivity contribution in [3.63, 3.8) is 0 Å². The van der Waals surface area contributed by atoms with Gasteiger partial charge < -0.3 is 4.74 Å². The summed E-state index contributed by atoms with van der Waals surface area (Å²) in [5.74, 6) is 2.00. The van der Waals surface area contributed by atoms with Crippen molar-refractivity contribution in [1.82, 2.24) is 0 Å². The molecule has 0 N–H and O–H groups in total. The van der Waals surface area contributed by atoms with E-state index in [0.717, 1.165) is 11.6 Å². The number of ether oxygens (including phenoxy) is 1. The van der Waals surface area contributed by atoms with Gasteiger partial charge in [-0.25, -0.2) is 4.79 Å². The highest BCUT2D eigenvalue weighted by Crippen LogP contribution is 2.63. The van der Waals surface area contributed by atoms with Crippen LogP contribution >= 0.6 is 0 Å². The van der Waals surface area contributed by atoms with Gasteiger partial charge in [0.05, 0.1) is 11.7 Å². The van der Waals surface area contributed by atoms with E-state index in [1.165, 1.54) is 30.4 Å². The number of rotatable bonds is 2. The average Bonchev–Trinajstić information content (AvgIpc) is 3.00. The van der Waals surface area contributed by atoms with Crippen molar-refractivity contribution >= 4 is 11.8 Å². The molecule has 0 radical (unpaired) electrons. The number of benzene rings is 1. The first kappa shape index (κ1) is 13.9. The summed E-state index contributed by atoms with van der Waals surface area (Å²) in [7, 11) is 0. The van der Waals surface area contributed by atoms with Crippen LogP contribution in [0.2, 0.25) is 0 Å². The quantitative estimate of drug-likeness (QED) is 0.753. The zero-order chi connectivity index (χ0) is 15.3. The molecular weight excluding hydrogens is 274 g/mol. The molecule has 2 fully saturated rings. The Bertz CT molecular complexity index is 632. The summed E-state index contributed by atoms with van der Waals surface area (Å²) >= 11 is 0. The molecule has 1 aromatic carbocycles. The molecule has 0 spiro atoms. The minimum Gasteiger partial charge on any atom is -0.445 e. The SMILES string of the molecule is CC(C)=CCOC(=O)N1c2ccccc2[C@@H]2[C@@H]3CCC[C@@H]3[C@@H]21. The van der Waals surface area contributed by atoms with Gasteiger partial charge in [-0.2, -0.15) is 0 Å². The predicted octanol–water partition coefficient (Wildman–Crippen LogP) is 4.49. The Labute approximate surface area is 132 Å². The lowest BCUT2D eigenvalue weighted by Crippen LogP contribution is -2.54. The Morgan fingerprint density at radius 3 is 2.86 bits per heavy atom. The molecule has 22 heavy (non-hydrogen) atoms. The molecule has 1 amide bonds. The van der Waals surface area contributed by atoms with E-state index in [1.807, 2.05) is 30.9 Å². The Hall–Kier alpha value is -1.77. The van der Waals surface area contributed by atoms with Crippen LogP contribution in [0.1, 0.15) is 44.6 Å². The van der Waals surface area contributed by atoms with Crippen LogP contribution in [0.3, 0.4) is 0 Å². The van der Waals surface area contributed by atoms with Gasteiger partial charge in [0.2, 0.25) is 0 Å². The zero-order valence-corrected chi connectivity index (χ0v) is 13.3. The molecule has 1 aliphatic heterocycles. The normalized spacial score (nSPS) is 30.9. The summed E-state index contributed by atoms with van der Waals surface area (Å²) in [6, 6.07) is 8.73. The number of allylic oxidation sites excluding steroid dienone is 1. The first-order valence-corrected chi connectivity index (χ1v) is 8.37. The predicted molar refractivity (Wildman–Crippen MR) is 87.1 cm³/mol. The van der Waals surface area contributed by atoms with E-state index in [1.54, 1.807) is 0 Å². The van der Waals surface area contributed by atoms with E-state index in [2.05, 4.69) is 18.2 Å². The molecule has 3 aliphatic rings. The summed E-state index contributed by atoms with van der Waals surface area (Å²) < 4.78 is 5.51. The number of carbonyl (C=O) groups excluding carboxylic acids is 1. The van der Waals surface area contributed by atoms with Gasteiger partial charge in [0.15, 0.2) is 0 Å². The number of hydrogen-bond acceptors (Lipinski definition) is 2. The highest BCUT2D eigenvalue weighted by molar-refractivity contribution is 5.92. The second kappa shape index (κ2) is 5.15. The van der Waals surface area contributed by atoms with E-state index < -0.39 is 0 Å². The molecule has 3 heteroatoms. The summed E-state index contributed by atoms with van der Waals surface area (Å²) in [6.07, 6.45) is 5.67. The smallest absolute Gasteiger partial charge is 0.414 e. The van der Waals surface area contributed by atoms with Crippen LogP contribution < -0.4 is 4.90 Å². The number of nitrogens with zero attached hydrogens (tertiary/aromatic N) is 1. The second-order valence-electron chi connectivity index (χ2n) is 7.06. The monoisotopic (exact) mass is 297 g/mol. The van der Waals surface area contributed by atoms with Crippen molar-refractivity contribution in [2.45, 2.75) is 45.1 Å². The third-order valence-electron chi connectivity index (χ3n) is 5.64. The minimum atomic E-state index is -0.178. The van der Waals surface area contributed by atoms with Gasteiger partial charge >= 0.3 is 6.09 Å². The van der Waals surface area contributed by atoms with Crippen LogP contribution in [0.15, 0.2) is 35.9 Å². The zero-order valence-electron chi connectivity index (χ0n) is 13.3. The molecule has 1 heterocycles. The molecule has 116 valence electrons. The maximum Gasteiger partial charge on any atom is 0.414 e. The van der Waals surface area contributed by atoms with Gasteiger partial charge in [-0.3, -0.25) is 4.90 Å². The second-order valence-corrected chi connectivity index (χ2v) is 7.06. The minimum absolute atomic E-state index is 0.178. The van der Waals surface area contributed by atoms with Crippen LogP contribution in [-0.4, -0.2) is 18.7 Å². The molecule has 2 saturated carbocycles. The van der Waals surface area contributed by atoms with Gasteiger partial charge in [-0.05, 0) is 56.2 Å². The summed E-state index contributed by atoms with van der Waals surface area (Å²) in [6.45, 7) is 4.40. The number of fused-ring (bicyclic) bond motifs is 6. The van der Waals surface area contributed by atoms with E-state index in [-0.39, 0.29) is 6.09 Å². The number of amides is 1. The van der Waals surface area contributed by atoms with Crippen molar-refractivity contribution in [2.75, 3.05) is 11.5 Å². The number of para-hydroxylation sites is 1. The first-order valence-electron chi connectivity index (χ1n) is 8.37. The summed E-state index contributed by atoms with van der Waals surface area (Å²) in [5.41, 5.74) is 3.61. The highest BCUT2D eigenvalue weighted by atomic mass is 16.6.